The number of piperazine rings is 1. The van der Waals surface area contributed by atoms with Gasteiger partial charge in [0.25, 0.3) is 0 Å². The predicted octanol–water partition coefficient (Wildman–Crippen LogP) is 2.30. The molecule has 2 aliphatic heterocycles. The molecule has 0 N–H and O–H groups in total. The SMILES string of the molecule is O=S1(=O)C[C@H](N2CCN(c3ccccc3F)CC2)[C@@H](S(=O)(=O)c2ccc(Cl)s2)C1. The summed E-state index contributed by atoms with van der Waals surface area (Å²) in [5, 5.41) is -1.03. The van der Waals surface area contributed by atoms with Crippen molar-refractivity contribution in [2.24, 2.45) is 0 Å². The number of nitrogens with zero attached hydrogens (tertiary/aromatic N) is 2. The molecule has 4 rings (SSSR count). The van der Waals surface area contributed by atoms with Crippen molar-refractivity contribution in [2.75, 3.05) is 42.6 Å². The molecule has 0 spiro atoms. The largest absolute Gasteiger partial charge is 0.367 e. The van der Waals surface area contributed by atoms with E-state index in [2.05, 4.69) is 0 Å². The van der Waals surface area contributed by atoms with E-state index in [1.54, 1.807) is 18.2 Å². The number of hydrogen-bond acceptors (Lipinski definition) is 7. The van der Waals surface area contributed by atoms with Gasteiger partial charge in [-0.25, -0.2) is 21.2 Å². The standard InChI is InChI=1S/C18H20ClFN2O4S3/c19-17-5-6-18(27-17)29(25,26)16-12-28(23,24)11-15(16)22-9-7-21(8-10-22)14-4-2-1-3-13(14)20/h1-6,15-16H,7-12H2/t15-,16-/m0/s1. The first-order valence-electron chi connectivity index (χ1n) is 9.10. The molecule has 0 unspecified atom stereocenters. The minimum atomic E-state index is -3.82. The first-order valence-corrected chi connectivity index (χ1v) is 13.7. The molecule has 0 bridgehead atoms. The quantitative estimate of drug-likeness (QED) is 0.671. The van der Waals surface area contributed by atoms with E-state index in [4.69, 9.17) is 11.6 Å². The summed E-state index contributed by atoms with van der Waals surface area (Å²) in [6.45, 7) is 1.92. The van der Waals surface area contributed by atoms with Crippen LogP contribution in [-0.2, 0) is 19.7 Å². The van der Waals surface area contributed by atoms with Crippen molar-refractivity contribution in [3.63, 3.8) is 0 Å². The second-order valence-corrected chi connectivity index (χ2v) is 13.5. The minimum absolute atomic E-state index is 0.0968. The summed E-state index contributed by atoms with van der Waals surface area (Å²) >= 11 is 6.83. The van der Waals surface area contributed by atoms with E-state index < -0.39 is 31.0 Å². The van der Waals surface area contributed by atoms with Gasteiger partial charge in [-0.15, -0.1) is 11.3 Å². The Labute approximate surface area is 178 Å². The van der Waals surface area contributed by atoms with E-state index in [0.717, 1.165) is 11.3 Å². The van der Waals surface area contributed by atoms with Gasteiger partial charge < -0.3 is 4.90 Å². The molecule has 0 aliphatic carbocycles. The first kappa shape index (κ1) is 21.0. The van der Waals surface area contributed by atoms with E-state index >= 15 is 0 Å². The Morgan fingerprint density at radius 3 is 2.34 bits per heavy atom. The van der Waals surface area contributed by atoms with E-state index in [0.29, 0.717) is 36.2 Å². The Morgan fingerprint density at radius 1 is 1.03 bits per heavy atom. The third-order valence-electron chi connectivity index (χ3n) is 5.48. The zero-order valence-electron chi connectivity index (χ0n) is 15.4. The van der Waals surface area contributed by atoms with Crippen LogP contribution in [0.3, 0.4) is 0 Å². The van der Waals surface area contributed by atoms with Gasteiger partial charge in [-0.2, -0.15) is 0 Å². The lowest BCUT2D eigenvalue weighted by molar-refractivity contribution is 0.201. The number of halogens is 2. The molecule has 0 amide bonds. The normalized spacial score (nSPS) is 25.4. The number of hydrogen-bond donors (Lipinski definition) is 0. The summed E-state index contributed by atoms with van der Waals surface area (Å²) in [5.41, 5.74) is 0.503. The first-order chi connectivity index (χ1) is 13.7. The zero-order valence-corrected chi connectivity index (χ0v) is 18.6. The van der Waals surface area contributed by atoms with Gasteiger partial charge in [0.15, 0.2) is 19.7 Å². The van der Waals surface area contributed by atoms with Crippen molar-refractivity contribution >= 4 is 48.3 Å². The third kappa shape index (κ3) is 4.18. The summed E-state index contributed by atoms with van der Waals surface area (Å²) in [4.78, 5) is 3.82. The van der Waals surface area contributed by atoms with E-state index in [9.17, 15) is 21.2 Å². The maximum atomic E-state index is 14.1. The highest BCUT2D eigenvalue weighted by Crippen LogP contribution is 2.34. The highest BCUT2D eigenvalue weighted by Gasteiger charge is 2.49. The summed E-state index contributed by atoms with van der Waals surface area (Å²) in [7, 11) is -7.29. The summed E-state index contributed by atoms with van der Waals surface area (Å²) in [6.07, 6.45) is 0. The lowest BCUT2D eigenvalue weighted by atomic mass is 10.1. The van der Waals surface area contributed by atoms with Crippen LogP contribution in [0.15, 0.2) is 40.6 Å². The van der Waals surface area contributed by atoms with Crippen molar-refractivity contribution in [3.05, 3.63) is 46.6 Å². The lowest BCUT2D eigenvalue weighted by Crippen LogP contribution is -2.55. The Hall–Kier alpha value is -1.20. The van der Waals surface area contributed by atoms with E-state index in [-0.39, 0.29) is 21.5 Å². The summed E-state index contributed by atoms with van der Waals surface area (Å²) in [5.74, 6) is -0.877. The predicted molar refractivity (Wildman–Crippen MR) is 113 cm³/mol. The molecule has 0 saturated carbocycles. The smallest absolute Gasteiger partial charge is 0.193 e. The van der Waals surface area contributed by atoms with Crippen molar-refractivity contribution in [1.29, 1.82) is 0 Å². The van der Waals surface area contributed by atoms with Crippen LogP contribution in [0.2, 0.25) is 4.34 Å². The van der Waals surface area contributed by atoms with Gasteiger partial charge in [0.1, 0.15) is 10.0 Å². The fourth-order valence-corrected chi connectivity index (χ4v) is 10.6. The number of thiophene rings is 1. The van der Waals surface area contributed by atoms with Crippen LogP contribution in [0.25, 0.3) is 0 Å². The van der Waals surface area contributed by atoms with Gasteiger partial charge in [-0.05, 0) is 24.3 Å². The van der Waals surface area contributed by atoms with Crippen LogP contribution in [0.1, 0.15) is 0 Å². The molecule has 2 saturated heterocycles. The van der Waals surface area contributed by atoms with Gasteiger partial charge in [-0.3, -0.25) is 4.90 Å². The van der Waals surface area contributed by atoms with Gasteiger partial charge in [0.05, 0.1) is 26.8 Å². The van der Waals surface area contributed by atoms with Crippen molar-refractivity contribution in [2.45, 2.75) is 15.5 Å². The number of anilines is 1. The molecule has 11 heteroatoms. The molecular weight excluding hydrogens is 459 g/mol. The van der Waals surface area contributed by atoms with Crippen LogP contribution in [0.4, 0.5) is 10.1 Å². The zero-order chi connectivity index (χ0) is 20.8. The average molecular weight is 479 g/mol. The highest BCUT2D eigenvalue weighted by atomic mass is 35.5. The van der Waals surface area contributed by atoms with E-state index in [1.807, 2.05) is 9.80 Å². The van der Waals surface area contributed by atoms with Gasteiger partial charge in [0.2, 0.25) is 0 Å². The maximum absolute atomic E-state index is 14.1. The molecule has 2 aromatic rings. The Morgan fingerprint density at radius 2 is 1.72 bits per heavy atom. The van der Waals surface area contributed by atoms with Crippen LogP contribution in [-0.4, -0.2) is 70.7 Å². The molecule has 3 heterocycles. The Balaban J connectivity index is 1.55. The molecule has 2 aliphatic rings. The maximum Gasteiger partial charge on any atom is 0.193 e. The Kier molecular flexibility index (Phi) is 5.67. The average Bonchev–Trinajstić information content (AvgIpc) is 3.26. The fraction of sp³-hybridized carbons (Fsp3) is 0.444. The van der Waals surface area contributed by atoms with Crippen molar-refractivity contribution < 1.29 is 21.2 Å². The van der Waals surface area contributed by atoms with Gasteiger partial charge in [-0.1, -0.05) is 23.7 Å². The fourth-order valence-electron chi connectivity index (χ4n) is 4.04. The van der Waals surface area contributed by atoms with Crippen molar-refractivity contribution in [1.82, 2.24) is 4.90 Å². The topological polar surface area (TPSA) is 74.8 Å². The molecule has 29 heavy (non-hydrogen) atoms. The number of rotatable bonds is 4. The summed E-state index contributed by atoms with van der Waals surface area (Å²) < 4.78 is 65.4. The minimum Gasteiger partial charge on any atom is -0.367 e. The highest BCUT2D eigenvalue weighted by molar-refractivity contribution is 7.97. The van der Waals surface area contributed by atoms with Crippen LogP contribution in [0, 0.1) is 5.82 Å². The molecule has 2 fully saturated rings. The molecule has 1 aromatic heterocycles. The molecular formula is C18H20ClFN2O4S3. The third-order valence-corrected chi connectivity index (χ3v) is 11.4. The molecule has 1 aromatic carbocycles. The number of benzene rings is 1. The number of para-hydroxylation sites is 1. The van der Waals surface area contributed by atoms with Crippen LogP contribution >= 0.6 is 22.9 Å². The summed E-state index contributed by atoms with van der Waals surface area (Å²) in [6, 6.07) is 8.83. The van der Waals surface area contributed by atoms with Gasteiger partial charge in [0, 0.05) is 32.2 Å². The van der Waals surface area contributed by atoms with Gasteiger partial charge >= 0.3 is 0 Å². The second-order valence-electron chi connectivity index (χ2n) is 7.26. The molecule has 2 atom stereocenters. The second kappa shape index (κ2) is 7.81. The Bertz CT molecular complexity index is 1110. The monoisotopic (exact) mass is 478 g/mol. The van der Waals surface area contributed by atoms with Crippen LogP contribution < -0.4 is 4.90 Å². The lowest BCUT2D eigenvalue weighted by Gasteiger charge is -2.40. The van der Waals surface area contributed by atoms with Crippen LogP contribution in [0.5, 0.6) is 0 Å². The number of sulfone groups is 2. The van der Waals surface area contributed by atoms with Crippen molar-refractivity contribution in [3.8, 4) is 0 Å². The molecule has 6 nitrogen and oxygen atoms in total. The molecule has 0 radical (unpaired) electrons. The van der Waals surface area contributed by atoms with E-state index in [1.165, 1.54) is 18.2 Å². The molecule has 158 valence electrons.